The fourth-order valence-corrected chi connectivity index (χ4v) is 6.10. The predicted molar refractivity (Wildman–Crippen MR) is 131 cm³/mol. The minimum atomic E-state index is -1.65. The van der Waals surface area contributed by atoms with Gasteiger partial charge in [-0.15, -0.1) is 0 Å². The molecule has 1 saturated carbocycles. The monoisotopic (exact) mass is 480 g/mol. The molecular weight excluding hydrogens is 448 g/mol. The lowest BCUT2D eigenvalue weighted by Crippen LogP contribution is -2.64. The average molecular weight is 481 g/mol. The topological polar surface area (TPSA) is 110 Å². The quantitative estimate of drug-likeness (QED) is 0.505. The summed E-state index contributed by atoms with van der Waals surface area (Å²) in [6.45, 7) is 8.76. The maximum Gasteiger partial charge on any atom is 0.421 e. The van der Waals surface area contributed by atoms with E-state index in [0.717, 1.165) is 10.5 Å². The van der Waals surface area contributed by atoms with Gasteiger partial charge in [-0.2, -0.15) is 0 Å². The molecule has 35 heavy (non-hydrogen) atoms. The van der Waals surface area contributed by atoms with Crippen LogP contribution in [-0.2, 0) is 14.9 Å². The molecule has 0 unspecified atom stereocenters. The Morgan fingerprint density at radius 1 is 1.14 bits per heavy atom. The van der Waals surface area contributed by atoms with E-state index < -0.39 is 47.0 Å². The largest absolute Gasteiger partial charge is 0.443 e. The number of anilines is 1. The van der Waals surface area contributed by atoms with Gasteiger partial charge < -0.3 is 9.84 Å². The van der Waals surface area contributed by atoms with Crippen molar-refractivity contribution in [3.05, 3.63) is 75.8 Å². The average Bonchev–Trinajstić information content (AvgIpc) is 3.03. The zero-order valence-electron chi connectivity index (χ0n) is 20.7. The number of ether oxygens (including phenoxy) is 1. The number of para-hydroxylation sites is 1. The third-order valence-electron chi connectivity index (χ3n) is 7.22. The van der Waals surface area contributed by atoms with Gasteiger partial charge in [-0.1, -0.05) is 62.4 Å². The molecule has 1 aliphatic carbocycles. The summed E-state index contributed by atoms with van der Waals surface area (Å²) in [5.74, 6) is -2.47. The summed E-state index contributed by atoms with van der Waals surface area (Å²) in [6.07, 6.45) is -2.08. The molecule has 2 aromatic rings. The highest BCUT2D eigenvalue weighted by Crippen LogP contribution is 2.58. The van der Waals surface area contributed by atoms with Crippen LogP contribution in [0.1, 0.15) is 58.1 Å². The molecule has 2 amide bonds. The van der Waals surface area contributed by atoms with E-state index >= 15 is 0 Å². The lowest BCUT2D eigenvalue weighted by Gasteiger charge is -2.49. The fourth-order valence-electron chi connectivity index (χ4n) is 6.10. The first kappa shape index (κ1) is 24.9. The fraction of sp³-hybridized carbons (Fsp3) is 0.481. The van der Waals surface area contributed by atoms with Crippen LogP contribution in [0.5, 0.6) is 0 Å². The van der Waals surface area contributed by atoms with Crippen molar-refractivity contribution in [1.29, 1.82) is 0 Å². The highest BCUT2D eigenvalue weighted by molar-refractivity contribution is 6.21. The number of nitro groups is 1. The smallest absolute Gasteiger partial charge is 0.421 e. The van der Waals surface area contributed by atoms with Crippen molar-refractivity contribution in [3.63, 3.8) is 0 Å². The van der Waals surface area contributed by atoms with Crippen molar-refractivity contribution < 1.29 is 24.4 Å². The van der Waals surface area contributed by atoms with Crippen LogP contribution in [0.4, 0.5) is 10.5 Å². The summed E-state index contributed by atoms with van der Waals surface area (Å²) in [4.78, 5) is 40.7. The van der Waals surface area contributed by atoms with Gasteiger partial charge in [0, 0.05) is 4.92 Å². The number of imide groups is 1. The number of hydrogen-bond acceptors (Lipinski definition) is 6. The van der Waals surface area contributed by atoms with Gasteiger partial charge in [-0.3, -0.25) is 14.9 Å². The van der Waals surface area contributed by atoms with Crippen molar-refractivity contribution in [2.75, 3.05) is 4.90 Å². The van der Waals surface area contributed by atoms with E-state index in [9.17, 15) is 24.8 Å². The van der Waals surface area contributed by atoms with Gasteiger partial charge in [-0.25, -0.2) is 9.69 Å². The van der Waals surface area contributed by atoms with E-state index in [1.54, 1.807) is 45.0 Å². The van der Waals surface area contributed by atoms with E-state index in [-0.39, 0.29) is 17.3 Å². The van der Waals surface area contributed by atoms with Crippen LogP contribution in [0.15, 0.2) is 54.6 Å². The summed E-state index contributed by atoms with van der Waals surface area (Å²) in [5.41, 5.74) is -1.02. The molecule has 0 saturated heterocycles. The number of carbonyl (C=O) groups excluding carboxylic acids is 2. The Kier molecular flexibility index (Phi) is 6.21. The SMILES string of the molecule is CC(C)[C@H]1[C@H]([N+](=O)[O-])[C@H](c2ccccc2)C[C@@H](O)[C@@]12C(=O)N(C(=O)OC(C)(C)C)c1ccccc12. The molecule has 0 bridgehead atoms. The van der Waals surface area contributed by atoms with Crippen molar-refractivity contribution in [2.24, 2.45) is 11.8 Å². The number of hydrogen-bond donors (Lipinski definition) is 1. The Hall–Kier alpha value is -3.26. The number of rotatable bonds is 3. The maximum absolute atomic E-state index is 14.2. The number of amides is 2. The van der Waals surface area contributed by atoms with Crippen LogP contribution in [0.2, 0.25) is 0 Å². The van der Waals surface area contributed by atoms with Gasteiger partial charge in [0.25, 0.3) is 0 Å². The Morgan fingerprint density at radius 3 is 2.31 bits per heavy atom. The van der Waals surface area contributed by atoms with Crippen molar-refractivity contribution in [1.82, 2.24) is 0 Å². The lowest BCUT2D eigenvalue weighted by atomic mass is 9.53. The number of aliphatic hydroxyl groups is 1. The van der Waals surface area contributed by atoms with Gasteiger partial charge in [-0.05, 0) is 50.3 Å². The standard InChI is InChI=1S/C27H32N2O6/c1-16(2)22-23(29(33)34)18(17-11-7-6-8-12-17)15-21(30)27(22)19-13-9-10-14-20(19)28(24(27)31)25(32)35-26(3,4)5/h6-14,16,18,21-23,30H,15H2,1-5H3/t18-,21+,22-,23+,27+/m0/s1. The van der Waals surface area contributed by atoms with E-state index in [2.05, 4.69) is 0 Å². The van der Waals surface area contributed by atoms with Crippen LogP contribution >= 0.6 is 0 Å². The minimum absolute atomic E-state index is 0.0150. The second-order valence-electron chi connectivity index (χ2n) is 10.8. The van der Waals surface area contributed by atoms with Gasteiger partial charge in [0.2, 0.25) is 11.9 Å². The summed E-state index contributed by atoms with van der Waals surface area (Å²) in [6, 6.07) is 14.7. The van der Waals surface area contributed by atoms with Crippen LogP contribution < -0.4 is 4.90 Å². The molecule has 186 valence electrons. The second-order valence-corrected chi connectivity index (χ2v) is 10.8. The van der Waals surface area contributed by atoms with Gasteiger partial charge in [0.1, 0.15) is 11.0 Å². The van der Waals surface area contributed by atoms with Crippen LogP contribution in [0.25, 0.3) is 0 Å². The number of carbonyl (C=O) groups is 2. The Balaban J connectivity index is 1.93. The molecule has 2 aliphatic rings. The van der Waals surface area contributed by atoms with Gasteiger partial charge >= 0.3 is 6.09 Å². The molecule has 1 fully saturated rings. The zero-order valence-corrected chi connectivity index (χ0v) is 20.7. The summed E-state index contributed by atoms with van der Waals surface area (Å²) >= 11 is 0. The molecule has 8 heteroatoms. The summed E-state index contributed by atoms with van der Waals surface area (Å²) in [5, 5.41) is 24.4. The second kappa shape index (κ2) is 8.75. The molecule has 1 N–H and O–H groups in total. The molecule has 0 radical (unpaired) electrons. The highest BCUT2D eigenvalue weighted by atomic mass is 16.6. The molecule has 1 aliphatic heterocycles. The lowest BCUT2D eigenvalue weighted by molar-refractivity contribution is -0.545. The molecule has 2 aromatic carbocycles. The van der Waals surface area contributed by atoms with E-state index in [1.807, 2.05) is 44.2 Å². The first-order chi connectivity index (χ1) is 16.4. The van der Waals surface area contributed by atoms with Crippen LogP contribution in [0.3, 0.4) is 0 Å². The van der Waals surface area contributed by atoms with E-state index in [4.69, 9.17) is 4.74 Å². The van der Waals surface area contributed by atoms with E-state index in [0.29, 0.717) is 11.3 Å². The number of benzene rings is 2. The molecule has 4 rings (SSSR count). The Labute approximate surface area is 205 Å². The highest BCUT2D eigenvalue weighted by Gasteiger charge is 2.69. The molecule has 1 heterocycles. The first-order valence-corrected chi connectivity index (χ1v) is 11.9. The van der Waals surface area contributed by atoms with Gasteiger partial charge in [0.15, 0.2) is 0 Å². The Morgan fingerprint density at radius 2 is 1.74 bits per heavy atom. The molecule has 5 atom stereocenters. The third-order valence-corrected chi connectivity index (χ3v) is 7.22. The first-order valence-electron chi connectivity index (χ1n) is 11.9. The third kappa shape index (κ3) is 3.89. The van der Waals surface area contributed by atoms with Crippen molar-refractivity contribution >= 4 is 17.7 Å². The predicted octanol–water partition coefficient (Wildman–Crippen LogP) is 4.67. The van der Waals surface area contributed by atoms with Crippen molar-refractivity contribution in [2.45, 2.75) is 70.1 Å². The van der Waals surface area contributed by atoms with Crippen molar-refractivity contribution in [3.8, 4) is 0 Å². The van der Waals surface area contributed by atoms with Crippen LogP contribution in [-0.4, -0.2) is 39.8 Å². The zero-order chi connectivity index (χ0) is 25.7. The number of aliphatic hydroxyl groups excluding tert-OH is 1. The van der Waals surface area contributed by atoms with E-state index in [1.165, 1.54) is 0 Å². The number of nitrogens with zero attached hydrogens (tertiary/aromatic N) is 2. The summed E-state index contributed by atoms with van der Waals surface area (Å²) < 4.78 is 5.53. The molecule has 0 aromatic heterocycles. The maximum atomic E-state index is 14.2. The summed E-state index contributed by atoms with van der Waals surface area (Å²) in [7, 11) is 0. The Bertz CT molecular complexity index is 1140. The molecular formula is C27H32N2O6. The minimum Gasteiger partial charge on any atom is -0.443 e. The number of fused-ring (bicyclic) bond motifs is 2. The normalized spacial score (nSPS) is 28.3. The van der Waals surface area contributed by atoms with Gasteiger partial charge in [0.05, 0.1) is 23.6 Å². The van der Waals surface area contributed by atoms with Crippen LogP contribution in [0, 0.1) is 22.0 Å². The molecule has 8 nitrogen and oxygen atoms in total. The molecule has 1 spiro atoms.